The predicted molar refractivity (Wildman–Crippen MR) is 93.3 cm³/mol. The minimum atomic E-state index is -0.335. The van der Waals surface area contributed by atoms with Crippen LogP contribution in [-0.2, 0) is 4.79 Å². The monoisotopic (exact) mass is 353 g/mol. The van der Waals surface area contributed by atoms with Crippen LogP contribution < -0.4 is 10.1 Å². The van der Waals surface area contributed by atoms with Crippen LogP contribution in [0.1, 0.15) is 23.6 Å². The number of nitrogens with zero attached hydrogens (tertiary/aromatic N) is 2. The summed E-state index contributed by atoms with van der Waals surface area (Å²) in [5.74, 6) is 0.145. The van der Waals surface area contributed by atoms with Crippen LogP contribution in [0.5, 0.6) is 11.5 Å². The van der Waals surface area contributed by atoms with E-state index < -0.39 is 0 Å². The molecule has 1 aliphatic heterocycles. The van der Waals surface area contributed by atoms with Gasteiger partial charge in [-0.25, -0.2) is 9.37 Å². The maximum absolute atomic E-state index is 13.2. The van der Waals surface area contributed by atoms with Gasteiger partial charge in [0.25, 0.3) is 0 Å². The number of phenols is 1. The number of phenolic OH excluding ortho intramolecular Hbond substituents is 1. The Hall–Kier alpha value is -3.35. The molecule has 1 aliphatic rings. The first-order chi connectivity index (χ1) is 12.6. The van der Waals surface area contributed by atoms with E-state index in [1.54, 1.807) is 35.2 Å². The Labute approximate surface area is 148 Å². The van der Waals surface area contributed by atoms with Crippen LogP contribution in [0.25, 0.3) is 5.69 Å². The first kappa shape index (κ1) is 16.1. The van der Waals surface area contributed by atoms with E-state index in [1.165, 1.54) is 19.2 Å². The van der Waals surface area contributed by atoms with Crippen molar-refractivity contribution in [1.29, 1.82) is 0 Å². The summed E-state index contributed by atoms with van der Waals surface area (Å²) < 4.78 is 20.0. The van der Waals surface area contributed by atoms with Gasteiger partial charge in [0.05, 0.1) is 12.8 Å². The van der Waals surface area contributed by atoms with Gasteiger partial charge in [-0.1, -0.05) is 6.07 Å². The molecule has 26 heavy (non-hydrogen) atoms. The van der Waals surface area contributed by atoms with Crippen LogP contribution in [0.15, 0.2) is 48.8 Å². The molecule has 6 nitrogen and oxygen atoms in total. The minimum absolute atomic E-state index is 0.00972. The lowest BCUT2D eigenvalue weighted by molar-refractivity contribution is -0.116. The number of carbonyl (C=O) groups is 1. The van der Waals surface area contributed by atoms with Gasteiger partial charge in [-0.05, 0) is 42.0 Å². The Kier molecular flexibility index (Phi) is 3.84. The Morgan fingerprint density at radius 1 is 1.27 bits per heavy atom. The van der Waals surface area contributed by atoms with Crippen molar-refractivity contribution in [3.63, 3.8) is 0 Å². The van der Waals surface area contributed by atoms with Gasteiger partial charge in [0, 0.05) is 18.0 Å². The molecule has 7 heteroatoms. The quantitative estimate of drug-likeness (QED) is 0.758. The van der Waals surface area contributed by atoms with Crippen LogP contribution in [0.4, 0.5) is 10.2 Å². The molecular weight excluding hydrogens is 337 g/mol. The van der Waals surface area contributed by atoms with Crippen LogP contribution in [-0.4, -0.2) is 27.7 Å². The van der Waals surface area contributed by atoms with Gasteiger partial charge in [0.2, 0.25) is 5.91 Å². The molecule has 0 bridgehead atoms. The Balaban J connectivity index is 1.78. The molecule has 3 aromatic rings. The van der Waals surface area contributed by atoms with Gasteiger partial charge in [0.15, 0.2) is 11.5 Å². The number of nitrogens with one attached hydrogen (secondary N) is 1. The first-order valence-corrected chi connectivity index (χ1v) is 8.06. The number of aromatic nitrogens is 2. The second-order valence-electron chi connectivity index (χ2n) is 6.06. The lowest BCUT2D eigenvalue weighted by atomic mass is 9.89. The zero-order valence-corrected chi connectivity index (χ0v) is 13.9. The number of carbonyl (C=O) groups excluding carboxylic acids is 1. The van der Waals surface area contributed by atoms with Crippen LogP contribution in [0.2, 0.25) is 0 Å². The van der Waals surface area contributed by atoms with Crippen molar-refractivity contribution in [2.45, 2.75) is 12.3 Å². The molecule has 0 unspecified atom stereocenters. The van der Waals surface area contributed by atoms with Crippen molar-refractivity contribution in [1.82, 2.24) is 9.55 Å². The maximum Gasteiger partial charge on any atom is 0.226 e. The van der Waals surface area contributed by atoms with Crippen molar-refractivity contribution in [3.05, 3.63) is 65.9 Å². The molecule has 0 aliphatic carbocycles. The van der Waals surface area contributed by atoms with E-state index in [9.17, 15) is 14.3 Å². The second-order valence-corrected chi connectivity index (χ2v) is 6.06. The fraction of sp³-hybridized carbons (Fsp3) is 0.158. The Morgan fingerprint density at radius 3 is 2.73 bits per heavy atom. The largest absolute Gasteiger partial charge is 0.504 e. The SMILES string of the molecule is COc1ccc([C@@H]2CC(=O)Nc3c2ncn3-c2ccc(F)cc2)cc1O. The molecule has 0 saturated heterocycles. The minimum Gasteiger partial charge on any atom is -0.504 e. The summed E-state index contributed by atoms with van der Waals surface area (Å²) in [7, 11) is 1.48. The van der Waals surface area contributed by atoms with Crippen molar-refractivity contribution in [2.75, 3.05) is 12.4 Å². The standard InChI is InChI=1S/C19H16FN3O3/c1-26-16-7-2-11(8-15(16)24)14-9-17(25)22-19-18(14)21-10-23(19)13-5-3-12(20)4-6-13/h2-8,10,14,24H,9H2,1H3,(H,22,25)/t14-/m0/s1. The molecule has 2 aromatic carbocycles. The number of imidazole rings is 1. The highest BCUT2D eigenvalue weighted by atomic mass is 19.1. The normalized spacial score (nSPS) is 16.1. The van der Waals surface area contributed by atoms with Crippen LogP contribution >= 0.6 is 0 Å². The number of amides is 1. The molecule has 1 amide bonds. The number of hydrogen-bond acceptors (Lipinski definition) is 4. The van der Waals surface area contributed by atoms with E-state index in [0.717, 1.165) is 5.56 Å². The molecule has 0 saturated carbocycles. The van der Waals surface area contributed by atoms with E-state index in [2.05, 4.69) is 10.3 Å². The number of halogens is 1. The van der Waals surface area contributed by atoms with E-state index in [1.807, 2.05) is 6.07 Å². The molecule has 1 aromatic heterocycles. The number of hydrogen-bond donors (Lipinski definition) is 2. The lowest BCUT2D eigenvalue weighted by Crippen LogP contribution is -2.24. The van der Waals surface area contributed by atoms with Gasteiger partial charge >= 0.3 is 0 Å². The van der Waals surface area contributed by atoms with Crippen molar-refractivity contribution in [3.8, 4) is 17.2 Å². The highest BCUT2D eigenvalue weighted by Crippen LogP contribution is 2.39. The summed E-state index contributed by atoms with van der Waals surface area (Å²) in [6, 6.07) is 11.0. The van der Waals surface area contributed by atoms with Gasteiger partial charge in [-0.3, -0.25) is 9.36 Å². The first-order valence-electron chi connectivity index (χ1n) is 8.06. The number of aromatic hydroxyl groups is 1. The molecule has 0 radical (unpaired) electrons. The number of benzene rings is 2. The summed E-state index contributed by atoms with van der Waals surface area (Å²) >= 11 is 0. The topological polar surface area (TPSA) is 76.4 Å². The summed E-state index contributed by atoms with van der Waals surface area (Å²) in [6.07, 6.45) is 1.82. The number of rotatable bonds is 3. The lowest BCUT2D eigenvalue weighted by Gasteiger charge is -2.23. The molecular formula is C19H16FN3O3. The van der Waals surface area contributed by atoms with Crippen LogP contribution in [0.3, 0.4) is 0 Å². The summed E-state index contributed by atoms with van der Waals surface area (Å²) in [6.45, 7) is 0. The smallest absolute Gasteiger partial charge is 0.226 e. The molecule has 2 heterocycles. The van der Waals surface area contributed by atoms with Gasteiger partial charge in [-0.15, -0.1) is 0 Å². The molecule has 1 atom stereocenters. The molecule has 0 fully saturated rings. The van der Waals surface area contributed by atoms with E-state index in [0.29, 0.717) is 22.9 Å². The fourth-order valence-corrected chi connectivity index (χ4v) is 3.20. The summed E-state index contributed by atoms with van der Waals surface area (Å²) in [5.41, 5.74) is 2.15. The number of ether oxygens (including phenoxy) is 1. The average Bonchev–Trinajstić information content (AvgIpc) is 3.05. The van der Waals surface area contributed by atoms with E-state index in [4.69, 9.17) is 4.74 Å². The molecule has 132 valence electrons. The zero-order valence-electron chi connectivity index (χ0n) is 13.9. The van der Waals surface area contributed by atoms with Gasteiger partial charge < -0.3 is 15.2 Å². The highest BCUT2D eigenvalue weighted by molar-refractivity contribution is 5.94. The number of methoxy groups -OCH3 is 1. The summed E-state index contributed by atoms with van der Waals surface area (Å²) in [5, 5.41) is 12.9. The van der Waals surface area contributed by atoms with Gasteiger partial charge in [-0.2, -0.15) is 0 Å². The third-order valence-corrected chi connectivity index (χ3v) is 4.48. The zero-order chi connectivity index (χ0) is 18.3. The van der Waals surface area contributed by atoms with Gasteiger partial charge in [0.1, 0.15) is 18.0 Å². The van der Waals surface area contributed by atoms with Crippen molar-refractivity contribution >= 4 is 11.7 Å². The molecule has 2 N–H and O–H groups in total. The van der Waals surface area contributed by atoms with E-state index >= 15 is 0 Å². The molecule has 0 spiro atoms. The summed E-state index contributed by atoms with van der Waals surface area (Å²) in [4.78, 5) is 16.7. The maximum atomic E-state index is 13.2. The highest BCUT2D eigenvalue weighted by Gasteiger charge is 2.31. The Morgan fingerprint density at radius 2 is 2.04 bits per heavy atom. The molecule has 4 rings (SSSR count). The third-order valence-electron chi connectivity index (χ3n) is 4.48. The number of fused-ring (bicyclic) bond motifs is 1. The second kappa shape index (κ2) is 6.18. The van der Waals surface area contributed by atoms with E-state index in [-0.39, 0.29) is 29.8 Å². The fourth-order valence-electron chi connectivity index (χ4n) is 3.20. The van der Waals surface area contributed by atoms with Crippen molar-refractivity contribution in [2.24, 2.45) is 0 Å². The Bertz CT molecular complexity index is 982. The van der Waals surface area contributed by atoms with Crippen LogP contribution in [0, 0.1) is 5.82 Å². The average molecular weight is 353 g/mol. The van der Waals surface area contributed by atoms with Crippen molar-refractivity contribution < 1.29 is 19.0 Å². The number of anilines is 1. The predicted octanol–water partition coefficient (Wildman–Crippen LogP) is 3.20. The third kappa shape index (κ3) is 2.67.